The van der Waals surface area contributed by atoms with Crippen molar-refractivity contribution < 1.29 is 41.2 Å². The van der Waals surface area contributed by atoms with Gasteiger partial charge in [-0.15, -0.1) is 6.42 Å². The lowest BCUT2D eigenvalue weighted by Crippen LogP contribution is -2.46. The Morgan fingerprint density at radius 2 is 1.48 bits per heavy atom. The van der Waals surface area contributed by atoms with E-state index in [1.807, 2.05) is 0 Å². The minimum atomic E-state index is -4.22. The van der Waals surface area contributed by atoms with Crippen molar-refractivity contribution in [1.82, 2.24) is 0 Å². The van der Waals surface area contributed by atoms with E-state index in [1.165, 1.54) is 12.1 Å². The highest BCUT2D eigenvalue weighted by atomic mass is 32.2. The van der Waals surface area contributed by atoms with Crippen LogP contribution in [0.5, 0.6) is 0 Å². The van der Waals surface area contributed by atoms with Gasteiger partial charge in [-0.05, 0) is 19.1 Å². The van der Waals surface area contributed by atoms with Crippen LogP contribution in [0.4, 0.5) is 0 Å². The first kappa shape index (κ1) is 24.1. The van der Waals surface area contributed by atoms with E-state index in [-0.39, 0.29) is 4.90 Å². The lowest BCUT2D eigenvalue weighted by molar-refractivity contribution is -0.180. The van der Waals surface area contributed by atoms with Gasteiger partial charge in [-0.25, -0.2) is 0 Å². The average Bonchev–Trinajstić information content (AvgIpc) is 2.61. The van der Waals surface area contributed by atoms with E-state index in [0.29, 0.717) is 0 Å². The van der Waals surface area contributed by atoms with Gasteiger partial charge in [-0.3, -0.25) is 18.6 Å². The molecule has 9 nitrogen and oxygen atoms in total. The predicted molar refractivity (Wildman–Crippen MR) is 99.8 cm³/mol. The number of benzene rings is 1. The van der Waals surface area contributed by atoms with Crippen molar-refractivity contribution in [3.8, 4) is 12.3 Å². The van der Waals surface area contributed by atoms with Crippen LogP contribution in [0.3, 0.4) is 0 Å². The molecule has 0 aliphatic carbocycles. The maximum Gasteiger partial charge on any atom is 0.304 e. The second-order valence-electron chi connectivity index (χ2n) is 5.97. The van der Waals surface area contributed by atoms with Crippen LogP contribution in [-0.4, -0.2) is 51.2 Å². The Hall–Kier alpha value is -2.90. The molecule has 0 heterocycles. The zero-order valence-electron chi connectivity index (χ0n) is 16.4. The lowest BCUT2D eigenvalue weighted by atomic mass is 10.1. The fourth-order valence-electron chi connectivity index (χ4n) is 2.24. The molecule has 0 aliphatic rings. The van der Waals surface area contributed by atoms with E-state index in [4.69, 9.17) is 24.8 Å². The van der Waals surface area contributed by atoms with Gasteiger partial charge in [0.15, 0.2) is 12.2 Å². The molecule has 0 aromatic heterocycles. The summed E-state index contributed by atoms with van der Waals surface area (Å²) in [4.78, 5) is 34.1. The molecule has 1 aromatic rings. The number of carbonyl (C=O) groups excluding carboxylic acids is 3. The van der Waals surface area contributed by atoms with Crippen molar-refractivity contribution in [3.63, 3.8) is 0 Å². The number of terminal acetylenes is 1. The van der Waals surface area contributed by atoms with Gasteiger partial charge in [0, 0.05) is 20.8 Å². The highest BCUT2D eigenvalue weighted by molar-refractivity contribution is 7.86. The van der Waals surface area contributed by atoms with Crippen LogP contribution in [0.25, 0.3) is 0 Å². The van der Waals surface area contributed by atoms with Crippen molar-refractivity contribution in [3.05, 3.63) is 29.8 Å². The summed E-state index contributed by atoms with van der Waals surface area (Å²) < 4.78 is 44.8. The summed E-state index contributed by atoms with van der Waals surface area (Å²) in [6.45, 7) is 4.25. The number of rotatable bonds is 9. The van der Waals surface area contributed by atoms with Crippen LogP contribution in [0.2, 0.25) is 0 Å². The molecule has 158 valence electrons. The van der Waals surface area contributed by atoms with Gasteiger partial charge in [-0.1, -0.05) is 23.6 Å². The van der Waals surface area contributed by atoms with Crippen molar-refractivity contribution in [2.24, 2.45) is 0 Å². The minimum Gasteiger partial charge on any atom is -0.456 e. The van der Waals surface area contributed by atoms with Crippen molar-refractivity contribution >= 4 is 28.0 Å². The quantitative estimate of drug-likeness (QED) is 0.247. The topological polar surface area (TPSA) is 122 Å². The Balaban J connectivity index is 3.15. The van der Waals surface area contributed by atoms with Gasteiger partial charge in [0.05, 0.1) is 4.90 Å². The molecule has 1 aromatic carbocycles. The zero-order chi connectivity index (χ0) is 22.2. The Bertz CT molecular complexity index is 881. The van der Waals surface area contributed by atoms with Gasteiger partial charge in [-0.2, -0.15) is 8.42 Å². The molecule has 3 atom stereocenters. The van der Waals surface area contributed by atoms with Crippen LogP contribution >= 0.6 is 0 Å². The number of aryl methyl sites for hydroxylation is 1. The molecule has 0 saturated heterocycles. The van der Waals surface area contributed by atoms with Gasteiger partial charge in [0.25, 0.3) is 10.1 Å². The largest absolute Gasteiger partial charge is 0.456 e. The van der Waals surface area contributed by atoms with E-state index >= 15 is 0 Å². The van der Waals surface area contributed by atoms with E-state index in [0.717, 1.165) is 26.3 Å². The van der Waals surface area contributed by atoms with Gasteiger partial charge in [0.1, 0.15) is 6.61 Å². The van der Waals surface area contributed by atoms with Gasteiger partial charge < -0.3 is 14.2 Å². The smallest absolute Gasteiger partial charge is 0.304 e. The Kier molecular flexibility index (Phi) is 8.82. The predicted octanol–water partition coefficient (Wildman–Crippen LogP) is 1.13. The zero-order valence-corrected chi connectivity index (χ0v) is 17.2. The Labute approximate surface area is 169 Å². The molecule has 0 aliphatic heterocycles. The maximum absolute atomic E-state index is 12.4. The van der Waals surface area contributed by atoms with Gasteiger partial charge in [0.2, 0.25) is 6.10 Å². The number of ether oxygens (including phenoxy) is 3. The van der Waals surface area contributed by atoms with Crippen molar-refractivity contribution in [1.29, 1.82) is 0 Å². The molecule has 0 spiro atoms. The molecule has 0 fully saturated rings. The molecule has 0 unspecified atom stereocenters. The van der Waals surface area contributed by atoms with E-state index in [9.17, 15) is 22.8 Å². The van der Waals surface area contributed by atoms with Crippen LogP contribution in [0.1, 0.15) is 26.3 Å². The summed E-state index contributed by atoms with van der Waals surface area (Å²) in [5.74, 6) is -0.303. The minimum absolute atomic E-state index is 0.123. The van der Waals surface area contributed by atoms with Gasteiger partial charge >= 0.3 is 17.9 Å². The first-order chi connectivity index (χ1) is 13.5. The summed E-state index contributed by atoms with van der Waals surface area (Å²) >= 11 is 0. The maximum atomic E-state index is 12.4. The van der Waals surface area contributed by atoms with Crippen molar-refractivity contribution in [2.75, 3.05) is 6.61 Å². The Morgan fingerprint density at radius 1 is 0.966 bits per heavy atom. The fourth-order valence-corrected chi connectivity index (χ4v) is 3.16. The summed E-state index contributed by atoms with van der Waals surface area (Å²) in [5.41, 5.74) is 0.843. The SMILES string of the molecule is C#C[C@H](OC(C)=O)[C@H](OC(C)=O)[C@@H](COS(=O)(=O)c1ccc(C)cc1)OC(C)=O. The summed E-state index contributed by atoms with van der Waals surface area (Å²) in [7, 11) is -4.22. The number of esters is 3. The highest BCUT2D eigenvalue weighted by Crippen LogP contribution is 2.18. The van der Waals surface area contributed by atoms with E-state index in [2.05, 4.69) is 5.92 Å². The molecule has 0 radical (unpaired) electrons. The molecule has 0 amide bonds. The normalized spacial score (nSPS) is 14.0. The third kappa shape index (κ3) is 7.93. The average molecular weight is 426 g/mol. The van der Waals surface area contributed by atoms with Crippen LogP contribution in [0.15, 0.2) is 29.2 Å². The van der Waals surface area contributed by atoms with Crippen LogP contribution in [0, 0.1) is 19.3 Å². The summed E-state index contributed by atoms with van der Waals surface area (Å²) in [5, 5.41) is 0. The third-order valence-corrected chi connectivity index (χ3v) is 4.73. The monoisotopic (exact) mass is 426 g/mol. The second kappa shape index (κ2) is 10.6. The van der Waals surface area contributed by atoms with Crippen molar-refractivity contribution in [2.45, 2.75) is 50.9 Å². The first-order valence-electron chi connectivity index (χ1n) is 8.40. The van der Waals surface area contributed by atoms with E-state index < -0.39 is 52.9 Å². The molecular weight excluding hydrogens is 404 g/mol. The molecule has 0 N–H and O–H groups in total. The molecule has 10 heteroatoms. The van der Waals surface area contributed by atoms with Crippen LogP contribution < -0.4 is 0 Å². The molecule has 0 saturated carbocycles. The number of carbonyl (C=O) groups is 3. The summed E-state index contributed by atoms with van der Waals surface area (Å²) in [6, 6.07) is 5.85. The van der Waals surface area contributed by atoms with E-state index in [1.54, 1.807) is 19.1 Å². The molecule has 0 bridgehead atoms. The molecule has 1 rings (SSSR count). The standard InChI is InChI=1S/C19H22O9S/c1-6-17(26-13(3)20)19(28-15(5)22)18(27-14(4)21)11-25-29(23,24)16-9-7-12(2)8-10-16/h1,7-10,17-19H,11H2,2-5H3/t17-,18+,19-/m0/s1. The second-order valence-corrected chi connectivity index (χ2v) is 7.59. The number of hydrogen-bond donors (Lipinski definition) is 0. The fraction of sp³-hybridized carbons (Fsp3) is 0.421. The van der Waals surface area contributed by atoms with Crippen LogP contribution in [-0.2, 0) is 42.9 Å². The highest BCUT2D eigenvalue weighted by Gasteiger charge is 2.37. The third-order valence-electron chi connectivity index (χ3n) is 3.44. The summed E-state index contributed by atoms with van der Waals surface area (Å²) in [6.07, 6.45) is 0.948. The lowest BCUT2D eigenvalue weighted by Gasteiger charge is -2.29. The molecular formula is C19H22O9S. The Morgan fingerprint density at radius 3 is 1.93 bits per heavy atom. The first-order valence-corrected chi connectivity index (χ1v) is 9.81. The number of hydrogen-bond acceptors (Lipinski definition) is 9. The molecule has 29 heavy (non-hydrogen) atoms.